The molecule has 5 atom stereocenters. The van der Waals surface area contributed by atoms with Crippen LogP contribution in [0.3, 0.4) is 0 Å². The summed E-state index contributed by atoms with van der Waals surface area (Å²) in [7, 11) is -1.52. The van der Waals surface area contributed by atoms with Crippen LogP contribution in [0.1, 0.15) is 37.9 Å². The number of hydrogen-bond donors (Lipinski definition) is 3. The molecule has 2 rings (SSSR count). The maximum absolute atomic E-state index is 13.5. The minimum absolute atomic E-state index is 0.0739. The Bertz CT molecular complexity index is 794. The van der Waals surface area contributed by atoms with Crippen molar-refractivity contribution >= 4 is 15.7 Å². The van der Waals surface area contributed by atoms with E-state index in [1.54, 1.807) is 0 Å². The Hall–Kier alpha value is -1.59. The first-order valence-electron chi connectivity index (χ1n) is 9.88. The van der Waals surface area contributed by atoms with Crippen molar-refractivity contribution in [1.82, 2.24) is 10.2 Å². The predicted octanol–water partition coefficient (Wildman–Crippen LogP) is 0.786. The summed E-state index contributed by atoms with van der Waals surface area (Å²) in [5, 5.41) is 22.6. The number of amides is 1. The number of aliphatic hydroxyl groups excluding tert-OH is 2. The highest BCUT2D eigenvalue weighted by Crippen LogP contribution is 2.22. The highest BCUT2D eigenvalue weighted by molar-refractivity contribution is 7.90. The number of carbonyl (C=O) groups is 1. The average Bonchev–Trinajstić information content (AvgIpc) is 2.68. The van der Waals surface area contributed by atoms with Crippen molar-refractivity contribution in [2.75, 3.05) is 26.5 Å². The van der Waals surface area contributed by atoms with E-state index in [1.807, 2.05) is 18.9 Å². The first kappa shape index (κ1) is 24.7. The monoisotopic (exact) mass is 446 g/mol. The maximum atomic E-state index is 13.5. The largest absolute Gasteiger partial charge is 0.386 e. The van der Waals surface area contributed by atoms with Gasteiger partial charge in [-0.05, 0) is 38.1 Å². The van der Waals surface area contributed by atoms with E-state index < -0.39 is 40.9 Å². The summed E-state index contributed by atoms with van der Waals surface area (Å²) in [4.78, 5) is 14.3. The molecule has 1 saturated heterocycles. The SMILES string of the molecule is C[C@@H]1C[C@H](N(C)CCC(=O)N[C@H](CF)[C@H](O)c2ccc(S(C)(=O)=O)cc2)C[C@H](O)O1. The molecule has 10 heteroatoms. The summed E-state index contributed by atoms with van der Waals surface area (Å²) >= 11 is 0. The number of aliphatic hydroxyl groups is 2. The van der Waals surface area contributed by atoms with Gasteiger partial charge in [-0.1, -0.05) is 12.1 Å². The molecule has 1 aliphatic heterocycles. The van der Waals surface area contributed by atoms with Crippen molar-refractivity contribution < 1.29 is 32.6 Å². The number of alkyl halides is 1. The second-order valence-electron chi connectivity index (χ2n) is 7.87. The molecule has 0 aliphatic carbocycles. The van der Waals surface area contributed by atoms with Crippen LogP contribution in [0, 0.1) is 0 Å². The third-order valence-corrected chi connectivity index (χ3v) is 6.45. The van der Waals surface area contributed by atoms with Crippen molar-refractivity contribution in [3.63, 3.8) is 0 Å². The molecule has 1 amide bonds. The summed E-state index contributed by atoms with van der Waals surface area (Å²) in [5.41, 5.74) is 0.313. The molecule has 0 aromatic heterocycles. The molecule has 0 bridgehead atoms. The second-order valence-corrected chi connectivity index (χ2v) is 9.89. The van der Waals surface area contributed by atoms with Crippen LogP contribution in [0.5, 0.6) is 0 Å². The van der Waals surface area contributed by atoms with Gasteiger partial charge in [0.1, 0.15) is 12.8 Å². The molecule has 0 unspecified atom stereocenters. The molecule has 0 saturated carbocycles. The Balaban J connectivity index is 1.89. The molecule has 1 fully saturated rings. The molecule has 0 spiro atoms. The number of ether oxygens (including phenoxy) is 1. The van der Waals surface area contributed by atoms with E-state index in [2.05, 4.69) is 5.32 Å². The Morgan fingerprint density at radius 1 is 1.33 bits per heavy atom. The molecular weight excluding hydrogens is 415 g/mol. The van der Waals surface area contributed by atoms with E-state index in [1.165, 1.54) is 24.3 Å². The third-order valence-electron chi connectivity index (χ3n) is 5.33. The van der Waals surface area contributed by atoms with Crippen LogP contribution in [-0.2, 0) is 19.4 Å². The Morgan fingerprint density at radius 3 is 2.50 bits per heavy atom. The van der Waals surface area contributed by atoms with Crippen molar-refractivity contribution in [3.8, 4) is 0 Å². The predicted molar refractivity (Wildman–Crippen MR) is 109 cm³/mol. The summed E-state index contributed by atoms with van der Waals surface area (Å²) in [6, 6.07) is 4.42. The number of carbonyl (C=O) groups excluding carboxylic acids is 1. The molecule has 0 radical (unpaired) electrons. The number of halogens is 1. The van der Waals surface area contributed by atoms with E-state index in [0.717, 1.165) is 12.7 Å². The van der Waals surface area contributed by atoms with Gasteiger partial charge in [0.15, 0.2) is 16.1 Å². The van der Waals surface area contributed by atoms with Crippen molar-refractivity contribution in [2.24, 2.45) is 0 Å². The summed E-state index contributed by atoms with van der Waals surface area (Å²) < 4.78 is 41.8. The molecule has 30 heavy (non-hydrogen) atoms. The minimum Gasteiger partial charge on any atom is -0.386 e. The van der Waals surface area contributed by atoms with E-state index in [9.17, 15) is 27.8 Å². The average molecular weight is 447 g/mol. The molecule has 1 aliphatic rings. The maximum Gasteiger partial charge on any atom is 0.221 e. The molecular formula is C20H31FN2O6S. The number of hydrogen-bond acceptors (Lipinski definition) is 7. The molecule has 1 aromatic carbocycles. The van der Waals surface area contributed by atoms with Gasteiger partial charge in [-0.2, -0.15) is 0 Å². The second kappa shape index (κ2) is 10.6. The third kappa shape index (κ3) is 6.98. The van der Waals surface area contributed by atoms with E-state index in [0.29, 0.717) is 18.5 Å². The Labute approximate surface area is 176 Å². The van der Waals surface area contributed by atoms with Gasteiger partial charge in [-0.25, -0.2) is 12.8 Å². The van der Waals surface area contributed by atoms with Gasteiger partial charge in [-0.15, -0.1) is 0 Å². The van der Waals surface area contributed by atoms with Crippen LogP contribution in [0.4, 0.5) is 4.39 Å². The van der Waals surface area contributed by atoms with Crippen LogP contribution < -0.4 is 5.32 Å². The topological polar surface area (TPSA) is 116 Å². The zero-order valence-electron chi connectivity index (χ0n) is 17.5. The standard InChI is InChI=1S/C20H31FN2O6S/c1-13-10-15(11-19(25)29-13)23(2)9-8-18(24)22-17(12-21)20(26)14-4-6-16(7-5-14)30(3,27)28/h4-7,13,15,17,19-20,25-26H,8-12H2,1-3H3,(H,22,24)/t13-,15+,17-,19-,20-/m1/s1. The number of benzene rings is 1. The van der Waals surface area contributed by atoms with Gasteiger partial charge in [0.25, 0.3) is 0 Å². The fourth-order valence-electron chi connectivity index (χ4n) is 3.54. The first-order valence-corrected chi connectivity index (χ1v) is 11.8. The normalized spacial score (nSPS) is 24.4. The van der Waals surface area contributed by atoms with E-state index >= 15 is 0 Å². The summed E-state index contributed by atoms with van der Waals surface area (Å²) in [6.07, 6.45) is 0.167. The molecule has 170 valence electrons. The lowest BCUT2D eigenvalue weighted by atomic mass is 10.0. The number of nitrogens with zero attached hydrogens (tertiary/aromatic N) is 1. The Morgan fingerprint density at radius 2 is 1.97 bits per heavy atom. The molecule has 1 heterocycles. The zero-order valence-corrected chi connectivity index (χ0v) is 18.3. The van der Waals surface area contributed by atoms with Gasteiger partial charge in [0.2, 0.25) is 5.91 Å². The van der Waals surface area contributed by atoms with Crippen molar-refractivity contribution in [3.05, 3.63) is 29.8 Å². The fourth-order valence-corrected chi connectivity index (χ4v) is 4.17. The van der Waals surface area contributed by atoms with Gasteiger partial charge in [-0.3, -0.25) is 4.79 Å². The fraction of sp³-hybridized carbons (Fsp3) is 0.650. The smallest absolute Gasteiger partial charge is 0.221 e. The van der Waals surface area contributed by atoms with E-state index in [4.69, 9.17) is 4.74 Å². The Kier molecular flexibility index (Phi) is 8.74. The van der Waals surface area contributed by atoms with Gasteiger partial charge < -0.3 is 25.2 Å². The van der Waals surface area contributed by atoms with Crippen LogP contribution in [0.2, 0.25) is 0 Å². The lowest BCUT2D eigenvalue weighted by Crippen LogP contribution is -2.45. The molecule has 8 nitrogen and oxygen atoms in total. The lowest BCUT2D eigenvalue weighted by molar-refractivity contribution is -0.173. The highest BCUT2D eigenvalue weighted by Gasteiger charge is 2.29. The van der Waals surface area contributed by atoms with E-state index in [-0.39, 0.29) is 23.5 Å². The number of nitrogens with one attached hydrogen (secondary N) is 1. The highest BCUT2D eigenvalue weighted by atomic mass is 32.2. The number of rotatable bonds is 9. The van der Waals surface area contributed by atoms with Crippen LogP contribution in [0.25, 0.3) is 0 Å². The lowest BCUT2D eigenvalue weighted by Gasteiger charge is -2.36. The van der Waals surface area contributed by atoms with Crippen molar-refractivity contribution in [2.45, 2.75) is 61.7 Å². The van der Waals surface area contributed by atoms with Crippen LogP contribution in [0.15, 0.2) is 29.2 Å². The van der Waals surface area contributed by atoms with Gasteiger partial charge >= 0.3 is 0 Å². The van der Waals surface area contributed by atoms with Gasteiger partial charge in [0, 0.05) is 31.7 Å². The first-order chi connectivity index (χ1) is 14.0. The zero-order chi connectivity index (χ0) is 22.5. The van der Waals surface area contributed by atoms with Crippen LogP contribution >= 0.6 is 0 Å². The van der Waals surface area contributed by atoms with Gasteiger partial charge in [0.05, 0.1) is 17.0 Å². The quantitative estimate of drug-likeness (QED) is 0.513. The summed E-state index contributed by atoms with van der Waals surface area (Å²) in [5.74, 6) is -0.406. The van der Waals surface area contributed by atoms with Crippen LogP contribution in [-0.4, -0.2) is 80.4 Å². The minimum atomic E-state index is -3.38. The number of sulfone groups is 1. The molecule has 3 N–H and O–H groups in total. The van der Waals surface area contributed by atoms with Crippen molar-refractivity contribution in [1.29, 1.82) is 0 Å². The summed E-state index contributed by atoms with van der Waals surface area (Å²) in [6.45, 7) is 1.32. The molecule has 1 aromatic rings.